The van der Waals surface area contributed by atoms with Crippen LogP contribution in [-0.2, 0) is 19.5 Å². The van der Waals surface area contributed by atoms with Crippen molar-refractivity contribution in [2.75, 3.05) is 26.2 Å². The summed E-state index contributed by atoms with van der Waals surface area (Å²) in [6, 6.07) is 11.9. The molecule has 1 aromatic carbocycles. The zero-order valence-electron chi connectivity index (χ0n) is 18.8. The Morgan fingerprint density at radius 2 is 1.90 bits per heavy atom. The molecule has 4 heteroatoms. The van der Waals surface area contributed by atoms with Crippen molar-refractivity contribution in [1.82, 2.24) is 14.8 Å². The second kappa shape index (κ2) is 10.1. The number of hydrogen-bond acceptors (Lipinski definition) is 4. The van der Waals surface area contributed by atoms with Gasteiger partial charge < -0.3 is 9.64 Å². The lowest BCUT2D eigenvalue weighted by atomic mass is 9.90. The minimum atomic E-state index is 0.769. The minimum Gasteiger partial charge on any atom is -0.493 e. The van der Waals surface area contributed by atoms with Crippen molar-refractivity contribution in [3.63, 3.8) is 0 Å². The Bertz CT molecular complexity index is 834. The molecule has 0 bridgehead atoms. The van der Waals surface area contributed by atoms with Crippen molar-refractivity contribution in [3.8, 4) is 5.75 Å². The molecule has 31 heavy (non-hydrogen) atoms. The number of nitrogens with zero attached hydrogens (tertiary/aromatic N) is 3. The van der Waals surface area contributed by atoms with Crippen LogP contribution in [0.25, 0.3) is 0 Å². The maximum absolute atomic E-state index is 5.72. The van der Waals surface area contributed by atoms with Crippen molar-refractivity contribution in [3.05, 3.63) is 59.4 Å². The number of pyridine rings is 1. The summed E-state index contributed by atoms with van der Waals surface area (Å²) < 4.78 is 5.72. The van der Waals surface area contributed by atoms with Gasteiger partial charge in [-0.05, 0) is 67.0 Å². The van der Waals surface area contributed by atoms with Gasteiger partial charge in [-0.25, -0.2) is 0 Å². The maximum atomic E-state index is 5.72. The topological polar surface area (TPSA) is 28.6 Å². The van der Waals surface area contributed by atoms with Crippen LogP contribution in [0.15, 0.2) is 42.7 Å². The summed E-state index contributed by atoms with van der Waals surface area (Å²) in [6.07, 6.45) is 14.8. The van der Waals surface area contributed by atoms with Crippen LogP contribution < -0.4 is 4.74 Å². The number of likely N-dealkylation sites (tertiary alicyclic amines) is 1. The monoisotopic (exact) mass is 419 g/mol. The first-order valence-electron chi connectivity index (χ1n) is 12.4. The Hall–Kier alpha value is -1.91. The summed E-state index contributed by atoms with van der Waals surface area (Å²) in [5, 5.41) is 0. The fourth-order valence-electron chi connectivity index (χ4n) is 5.92. The van der Waals surface area contributed by atoms with Crippen LogP contribution in [0.1, 0.15) is 61.6 Å². The van der Waals surface area contributed by atoms with Gasteiger partial charge in [0.2, 0.25) is 0 Å². The van der Waals surface area contributed by atoms with Crippen molar-refractivity contribution in [1.29, 1.82) is 0 Å². The summed E-state index contributed by atoms with van der Waals surface area (Å²) in [4.78, 5) is 9.85. The molecule has 5 rings (SSSR count). The zero-order valence-corrected chi connectivity index (χ0v) is 18.8. The fraction of sp³-hybridized carbons (Fsp3) is 0.593. The number of benzene rings is 1. The molecule has 0 N–H and O–H groups in total. The number of aromatic nitrogens is 1. The van der Waals surface area contributed by atoms with Crippen LogP contribution in [0.5, 0.6) is 5.75 Å². The van der Waals surface area contributed by atoms with E-state index < -0.39 is 0 Å². The van der Waals surface area contributed by atoms with Gasteiger partial charge in [-0.1, -0.05) is 37.5 Å². The van der Waals surface area contributed by atoms with E-state index in [1.807, 2.05) is 12.4 Å². The van der Waals surface area contributed by atoms with Crippen LogP contribution in [0, 0.1) is 5.92 Å². The highest BCUT2D eigenvalue weighted by Crippen LogP contribution is 2.29. The Morgan fingerprint density at radius 3 is 2.77 bits per heavy atom. The first-order chi connectivity index (χ1) is 15.3. The van der Waals surface area contributed by atoms with E-state index in [0.29, 0.717) is 0 Å². The molecule has 1 aromatic heterocycles. The number of hydrogen-bond donors (Lipinski definition) is 0. The highest BCUT2D eigenvalue weighted by molar-refractivity contribution is 5.39. The summed E-state index contributed by atoms with van der Waals surface area (Å²) in [7, 11) is 0. The predicted octanol–water partition coefficient (Wildman–Crippen LogP) is 5.06. The summed E-state index contributed by atoms with van der Waals surface area (Å²) >= 11 is 0. The smallest absolute Gasteiger partial charge is 0.122 e. The summed E-state index contributed by atoms with van der Waals surface area (Å²) in [6.45, 7) is 6.58. The Labute approximate surface area is 187 Å². The molecule has 1 aliphatic carbocycles. The third kappa shape index (κ3) is 5.48. The molecule has 4 nitrogen and oxygen atoms in total. The number of piperidine rings is 1. The van der Waals surface area contributed by atoms with E-state index in [1.54, 1.807) is 0 Å². The highest BCUT2D eigenvalue weighted by Gasteiger charge is 2.28. The van der Waals surface area contributed by atoms with Crippen molar-refractivity contribution in [2.45, 2.75) is 70.5 Å². The van der Waals surface area contributed by atoms with Gasteiger partial charge in [0.1, 0.15) is 5.75 Å². The van der Waals surface area contributed by atoms with Crippen molar-refractivity contribution < 1.29 is 4.74 Å². The second-order valence-electron chi connectivity index (χ2n) is 9.87. The van der Waals surface area contributed by atoms with Gasteiger partial charge in [0.15, 0.2) is 0 Å². The highest BCUT2D eigenvalue weighted by atomic mass is 16.5. The van der Waals surface area contributed by atoms with Gasteiger partial charge in [-0.15, -0.1) is 0 Å². The van der Waals surface area contributed by atoms with Gasteiger partial charge >= 0.3 is 0 Å². The molecule has 1 unspecified atom stereocenters. The SMILES string of the molecule is c1cncc(CN(Cc2ccc3c(c2)CCO3)CC2CCCN(C3CCCCC3)C2)c1. The average Bonchev–Trinajstić information content (AvgIpc) is 3.28. The molecule has 0 spiro atoms. The lowest BCUT2D eigenvalue weighted by molar-refractivity contribution is 0.0771. The van der Waals surface area contributed by atoms with E-state index in [2.05, 4.69) is 45.1 Å². The van der Waals surface area contributed by atoms with Crippen LogP contribution in [-0.4, -0.2) is 47.1 Å². The Morgan fingerprint density at radius 1 is 1.00 bits per heavy atom. The summed E-state index contributed by atoms with van der Waals surface area (Å²) in [5.74, 6) is 1.85. The van der Waals surface area contributed by atoms with Crippen LogP contribution >= 0.6 is 0 Å². The van der Waals surface area contributed by atoms with Gasteiger partial charge in [-0.3, -0.25) is 9.88 Å². The summed E-state index contributed by atoms with van der Waals surface area (Å²) in [5.41, 5.74) is 4.10. The van der Waals surface area contributed by atoms with Gasteiger partial charge in [0.25, 0.3) is 0 Å². The molecule has 0 radical (unpaired) electrons. The maximum Gasteiger partial charge on any atom is 0.122 e. The molecule has 2 fully saturated rings. The van der Waals surface area contributed by atoms with Crippen molar-refractivity contribution in [2.24, 2.45) is 5.92 Å². The normalized spacial score (nSPS) is 22.4. The molecule has 3 aliphatic rings. The largest absolute Gasteiger partial charge is 0.493 e. The van der Waals surface area contributed by atoms with E-state index in [0.717, 1.165) is 43.8 Å². The number of rotatable bonds is 7. The van der Waals surface area contributed by atoms with E-state index in [-0.39, 0.29) is 0 Å². The zero-order chi connectivity index (χ0) is 20.9. The minimum absolute atomic E-state index is 0.769. The van der Waals surface area contributed by atoms with Gasteiger partial charge in [0, 0.05) is 51.0 Å². The molecule has 1 saturated carbocycles. The van der Waals surface area contributed by atoms with Crippen LogP contribution in [0.4, 0.5) is 0 Å². The molecule has 2 aromatic rings. The Balaban J connectivity index is 1.27. The standard InChI is InChI=1S/C27H37N3O/c1-2-8-26(9-3-1)30-14-5-7-24(21-30)20-29(19-23-6-4-13-28-17-23)18-22-10-11-27-25(16-22)12-15-31-27/h4,6,10-11,13,16-17,24,26H,1-3,5,7-9,12,14-15,18-21H2. The van der Waals surface area contributed by atoms with E-state index >= 15 is 0 Å². The predicted molar refractivity (Wildman–Crippen MR) is 125 cm³/mol. The molecular formula is C27H37N3O. The Kier molecular flexibility index (Phi) is 6.86. The van der Waals surface area contributed by atoms with E-state index in [9.17, 15) is 0 Å². The molecule has 1 atom stereocenters. The molecule has 3 heterocycles. The van der Waals surface area contributed by atoms with Crippen molar-refractivity contribution >= 4 is 0 Å². The first kappa shape index (κ1) is 21.0. The van der Waals surface area contributed by atoms with Crippen LogP contribution in [0.2, 0.25) is 0 Å². The fourth-order valence-corrected chi connectivity index (χ4v) is 5.92. The van der Waals surface area contributed by atoms with E-state index in [1.165, 1.54) is 81.3 Å². The molecule has 2 aliphatic heterocycles. The lowest BCUT2D eigenvalue weighted by Gasteiger charge is -2.41. The van der Waals surface area contributed by atoms with Gasteiger partial charge in [0.05, 0.1) is 6.61 Å². The average molecular weight is 420 g/mol. The van der Waals surface area contributed by atoms with Crippen LogP contribution in [0.3, 0.4) is 0 Å². The third-order valence-electron chi connectivity index (χ3n) is 7.45. The number of ether oxygens (including phenoxy) is 1. The van der Waals surface area contributed by atoms with E-state index in [4.69, 9.17) is 4.74 Å². The molecule has 0 amide bonds. The first-order valence-corrected chi connectivity index (χ1v) is 12.4. The third-order valence-corrected chi connectivity index (χ3v) is 7.45. The molecular weight excluding hydrogens is 382 g/mol. The second-order valence-corrected chi connectivity index (χ2v) is 9.87. The molecule has 166 valence electrons. The molecule has 1 saturated heterocycles. The lowest BCUT2D eigenvalue weighted by Crippen LogP contribution is -2.46. The quantitative estimate of drug-likeness (QED) is 0.627. The van der Waals surface area contributed by atoms with Gasteiger partial charge in [-0.2, -0.15) is 0 Å². The number of fused-ring (bicyclic) bond motifs is 1.